The molecule has 0 atom stereocenters. The fourth-order valence-electron chi connectivity index (χ4n) is 2.71. The summed E-state index contributed by atoms with van der Waals surface area (Å²) in [6.45, 7) is 3.64. The van der Waals surface area contributed by atoms with Gasteiger partial charge < -0.3 is 5.32 Å². The lowest BCUT2D eigenvalue weighted by atomic mass is 10.1. The summed E-state index contributed by atoms with van der Waals surface area (Å²) in [6.07, 6.45) is 0. The Morgan fingerprint density at radius 3 is 2.34 bits per heavy atom. The highest BCUT2D eigenvalue weighted by Gasteiger charge is 2.18. The van der Waals surface area contributed by atoms with Crippen molar-refractivity contribution in [3.05, 3.63) is 89.0 Å². The summed E-state index contributed by atoms with van der Waals surface area (Å²) < 4.78 is 28.0. The lowest BCUT2D eigenvalue weighted by Crippen LogP contribution is -2.17. The van der Waals surface area contributed by atoms with E-state index in [9.17, 15) is 13.2 Å². The lowest BCUT2D eigenvalue weighted by Gasteiger charge is -2.12. The smallest absolute Gasteiger partial charge is 0.261 e. The molecule has 0 saturated heterocycles. The molecule has 29 heavy (non-hydrogen) atoms. The number of hydrogen-bond acceptors (Lipinski definition) is 4. The first kappa shape index (κ1) is 20.1. The van der Waals surface area contributed by atoms with E-state index in [1.54, 1.807) is 61.5 Å². The van der Waals surface area contributed by atoms with E-state index in [1.165, 1.54) is 12.1 Å². The molecule has 1 amide bonds. The average Bonchev–Trinajstić information content (AvgIpc) is 2.69. The van der Waals surface area contributed by atoms with E-state index in [0.29, 0.717) is 22.5 Å². The number of benzene rings is 3. The predicted octanol–water partition coefficient (Wildman–Crippen LogP) is 4.23. The van der Waals surface area contributed by atoms with E-state index in [2.05, 4.69) is 10.0 Å². The van der Waals surface area contributed by atoms with Crippen molar-refractivity contribution < 1.29 is 13.2 Å². The molecule has 0 radical (unpaired) electrons. The van der Waals surface area contributed by atoms with E-state index in [4.69, 9.17) is 5.26 Å². The van der Waals surface area contributed by atoms with Crippen LogP contribution in [0, 0.1) is 25.2 Å². The highest BCUT2D eigenvalue weighted by atomic mass is 32.2. The van der Waals surface area contributed by atoms with Crippen LogP contribution in [0.15, 0.2) is 71.6 Å². The Morgan fingerprint density at radius 2 is 1.66 bits per heavy atom. The van der Waals surface area contributed by atoms with Crippen LogP contribution in [-0.2, 0) is 10.0 Å². The zero-order valence-corrected chi connectivity index (χ0v) is 16.7. The quantitative estimate of drug-likeness (QED) is 0.663. The Bertz CT molecular complexity index is 1210. The predicted molar refractivity (Wildman–Crippen MR) is 112 cm³/mol. The number of aryl methyl sites for hydroxylation is 2. The molecule has 146 valence electrons. The van der Waals surface area contributed by atoms with Crippen molar-refractivity contribution in [3.63, 3.8) is 0 Å². The van der Waals surface area contributed by atoms with Gasteiger partial charge in [0.05, 0.1) is 16.5 Å². The molecule has 0 spiro atoms. The number of rotatable bonds is 5. The Hall–Kier alpha value is -3.63. The first-order valence-corrected chi connectivity index (χ1v) is 10.3. The van der Waals surface area contributed by atoms with Crippen molar-refractivity contribution in [1.82, 2.24) is 0 Å². The number of amides is 1. The molecular weight excluding hydrogens is 386 g/mol. The fraction of sp³-hybridized carbons (Fsp3) is 0.0909. The van der Waals surface area contributed by atoms with Gasteiger partial charge in [0.25, 0.3) is 15.9 Å². The van der Waals surface area contributed by atoms with E-state index >= 15 is 0 Å². The molecule has 0 bridgehead atoms. The van der Waals surface area contributed by atoms with Crippen molar-refractivity contribution in [1.29, 1.82) is 5.26 Å². The van der Waals surface area contributed by atoms with Gasteiger partial charge in [-0.1, -0.05) is 29.8 Å². The molecule has 0 fully saturated rings. The Labute approximate surface area is 169 Å². The number of nitrogens with one attached hydrogen (secondary N) is 2. The van der Waals surface area contributed by atoms with Gasteiger partial charge in [0, 0.05) is 16.9 Å². The summed E-state index contributed by atoms with van der Waals surface area (Å²) >= 11 is 0. The molecule has 0 saturated carbocycles. The molecule has 3 aromatic rings. The molecule has 0 aromatic heterocycles. The normalized spacial score (nSPS) is 10.8. The van der Waals surface area contributed by atoms with Gasteiger partial charge in [-0.15, -0.1) is 0 Å². The SMILES string of the molecule is Cc1ccc(NS(=O)(=O)c2ccc(C)c(C(=O)Nc3cccc(C#N)c3)c2)cc1. The lowest BCUT2D eigenvalue weighted by molar-refractivity contribution is 0.102. The van der Waals surface area contributed by atoms with Crippen LogP contribution in [0.5, 0.6) is 0 Å². The van der Waals surface area contributed by atoms with Crippen LogP contribution in [0.25, 0.3) is 0 Å². The molecule has 2 N–H and O–H groups in total. The number of sulfonamides is 1. The van der Waals surface area contributed by atoms with Gasteiger partial charge in [-0.25, -0.2) is 8.42 Å². The largest absolute Gasteiger partial charge is 0.322 e. The third-order valence-electron chi connectivity index (χ3n) is 4.32. The van der Waals surface area contributed by atoms with E-state index < -0.39 is 15.9 Å². The van der Waals surface area contributed by atoms with Crippen molar-refractivity contribution in [2.24, 2.45) is 0 Å². The van der Waals surface area contributed by atoms with Crippen LogP contribution < -0.4 is 10.0 Å². The Kier molecular flexibility index (Phi) is 5.66. The molecule has 0 aliphatic rings. The Morgan fingerprint density at radius 1 is 0.931 bits per heavy atom. The summed E-state index contributed by atoms with van der Waals surface area (Å²) in [5, 5.41) is 11.7. The number of carbonyl (C=O) groups excluding carboxylic acids is 1. The molecule has 0 aliphatic carbocycles. The number of nitrogens with zero attached hydrogens (tertiary/aromatic N) is 1. The van der Waals surface area contributed by atoms with Gasteiger partial charge in [0.15, 0.2) is 0 Å². The second-order valence-electron chi connectivity index (χ2n) is 6.59. The average molecular weight is 405 g/mol. The van der Waals surface area contributed by atoms with Gasteiger partial charge in [0.1, 0.15) is 0 Å². The van der Waals surface area contributed by atoms with Crippen molar-refractivity contribution in [2.75, 3.05) is 10.0 Å². The molecule has 0 unspecified atom stereocenters. The van der Waals surface area contributed by atoms with Crippen molar-refractivity contribution in [3.8, 4) is 6.07 Å². The molecular formula is C22H19N3O3S. The molecule has 6 nitrogen and oxygen atoms in total. The zero-order chi connectivity index (χ0) is 21.0. The monoisotopic (exact) mass is 405 g/mol. The number of anilines is 2. The van der Waals surface area contributed by atoms with Crippen LogP contribution >= 0.6 is 0 Å². The van der Waals surface area contributed by atoms with E-state index in [-0.39, 0.29) is 10.5 Å². The maximum atomic E-state index is 12.7. The second-order valence-corrected chi connectivity index (χ2v) is 8.28. The van der Waals surface area contributed by atoms with Gasteiger partial charge in [-0.2, -0.15) is 5.26 Å². The highest BCUT2D eigenvalue weighted by Crippen LogP contribution is 2.21. The number of carbonyl (C=O) groups is 1. The maximum absolute atomic E-state index is 12.7. The first-order chi connectivity index (χ1) is 13.8. The topological polar surface area (TPSA) is 99.1 Å². The number of hydrogen-bond donors (Lipinski definition) is 2. The highest BCUT2D eigenvalue weighted by molar-refractivity contribution is 7.92. The van der Waals surface area contributed by atoms with E-state index in [0.717, 1.165) is 5.56 Å². The molecule has 0 aliphatic heterocycles. The summed E-state index contributed by atoms with van der Waals surface area (Å²) in [6, 6.07) is 19.9. The summed E-state index contributed by atoms with van der Waals surface area (Å²) in [4.78, 5) is 12.7. The first-order valence-electron chi connectivity index (χ1n) is 8.80. The second kappa shape index (κ2) is 8.17. The summed E-state index contributed by atoms with van der Waals surface area (Å²) in [5.74, 6) is -0.454. The van der Waals surface area contributed by atoms with Gasteiger partial charge in [-0.05, 0) is 61.9 Å². The minimum atomic E-state index is -3.86. The number of nitriles is 1. The molecule has 7 heteroatoms. The van der Waals surface area contributed by atoms with Gasteiger partial charge in [0.2, 0.25) is 0 Å². The minimum absolute atomic E-state index is 0.0143. The van der Waals surface area contributed by atoms with Crippen LogP contribution in [0.2, 0.25) is 0 Å². The van der Waals surface area contributed by atoms with Crippen LogP contribution in [0.4, 0.5) is 11.4 Å². The summed E-state index contributed by atoms with van der Waals surface area (Å²) in [5.41, 5.74) is 3.20. The maximum Gasteiger partial charge on any atom is 0.261 e. The van der Waals surface area contributed by atoms with Crippen LogP contribution in [-0.4, -0.2) is 14.3 Å². The van der Waals surface area contributed by atoms with Crippen molar-refractivity contribution >= 4 is 27.3 Å². The fourth-order valence-corrected chi connectivity index (χ4v) is 3.80. The molecule has 3 rings (SSSR count). The molecule has 3 aromatic carbocycles. The third kappa shape index (κ3) is 4.81. The standard InChI is InChI=1S/C22H19N3O3S/c1-15-6-9-18(10-7-15)25-29(27,28)20-11-8-16(2)21(13-20)22(26)24-19-5-3-4-17(12-19)14-23/h3-13,25H,1-2H3,(H,24,26). The molecule has 0 heterocycles. The third-order valence-corrected chi connectivity index (χ3v) is 5.70. The Balaban J connectivity index is 1.87. The minimum Gasteiger partial charge on any atom is -0.322 e. The zero-order valence-electron chi connectivity index (χ0n) is 15.9. The van der Waals surface area contributed by atoms with E-state index in [1.807, 2.05) is 13.0 Å². The van der Waals surface area contributed by atoms with Crippen LogP contribution in [0.1, 0.15) is 27.0 Å². The van der Waals surface area contributed by atoms with Gasteiger partial charge in [-0.3, -0.25) is 9.52 Å². The van der Waals surface area contributed by atoms with Gasteiger partial charge >= 0.3 is 0 Å². The summed E-state index contributed by atoms with van der Waals surface area (Å²) in [7, 11) is -3.86. The van der Waals surface area contributed by atoms with Crippen molar-refractivity contribution in [2.45, 2.75) is 18.7 Å². The van der Waals surface area contributed by atoms with Crippen LogP contribution in [0.3, 0.4) is 0 Å².